The molecule has 1 aromatic carbocycles. The molecule has 0 radical (unpaired) electrons. The van der Waals surface area contributed by atoms with Gasteiger partial charge in [-0.2, -0.15) is 0 Å². The van der Waals surface area contributed by atoms with E-state index in [0.717, 1.165) is 79.1 Å². The standard InChI is InChI=1S/C32H42N4O5/c1-32(2,40)23-4-5-28(26(15-23)27-19-34(3)30(37)29-25(27)6-9-33-29)41-24-13-21(14-24)16-35-17-22(18-35)12-20-7-10-36(11-8-20)31(38)39/h4-6,9,15,19-22,24,33,40H,7-8,10-14,16-18H2,1-3H3,(H,38,39). The van der Waals surface area contributed by atoms with E-state index in [2.05, 4.69) is 9.88 Å². The van der Waals surface area contributed by atoms with Crippen LogP contribution in [-0.2, 0) is 12.6 Å². The summed E-state index contributed by atoms with van der Waals surface area (Å²) in [5.41, 5.74) is 2.06. The number of aliphatic hydroxyl groups is 1. The lowest BCUT2D eigenvalue weighted by Gasteiger charge is -2.46. The van der Waals surface area contributed by atoms with Gasteiger partial charge >= 0.3 is 6.09 Å². The number of H-pyrrole nitrogens is 1. The Morgan fingerprint density at radius 3 is 2.49 bits per heavy atom. The monoisotopic (exact) mass is 562 g/mol. The van der Waals surface area contributed by atoms with Gasteiger partial charge in [-0.15, -0.1) is 0 Å². The van der Waals surface area contributed by atoms with Gasteiger partial charge in [-0.1, -0.05) is 6.07 Å². The van der Waals surface area contributed by atoms with Gasteiger partial charge in [0.25, 0.3) is 5.56 Å². The molecule has 220 valence electrons. The lowest BCUT2D eigenvalue weighted by molar-refractivity contribution is 0.00309. The summed E-state index contributed by atoms with van der Waals surface area (Å²) in [6.45, 7) is 8.34. The highest BCUT2D eigenvalue weighted by molar-refractivity contribution is 5.96. The summed E-state index contributed by atoms with van der Waals surface area (Å²) in [4.78, 5) is 31.0. The van der Waals surface area contributed by atoms with Crippen molar-refractivity contribution in [3.05, 3.63) is 52.6 Å². The van der Waals surface area contributed by atoms with Crippen molar-refractivity contribution in [2.45, 2.75) is 57.7 Å². The third-order valence-electron chi connectivity index (χ3n) is 9.46. The topological polar surface area (TPSA) is 111 Å². The molecule has 2 saturated heterocycles. The molecule has 3 N–H and O–H groups in total. The fraction of sp³-hybridized carbons (Fsp3) is 0.562. The molecule has 3 aliphatic rings. The molecule has 1 amide bonds. The molecule has 4 heterocycles. The van der Waals surface area contributed by atoms with Crippen molar-refractivity contribution in [2.24, 2.45) is 24.8 Å². The lowest BCUT2D eigenvalue weighted by Crippen LogP contribution is -2.52. The smallest absolute Gasteiger partial charge is 0.407 e. The summed E-state index contributed by atoms with van der Waals surface area (Å²) in [6, 6.07) is 7.80. The van der Waals surface area contributed by atoms with E-state index >= 15 is 0 Å². The quantitative estimate of drug-likeness (QED) is 0.369. The number of rotatable bonds is 8. The van der Waals surface area contributed by atoms with Gasteiger partial charge in [-0.05, 0) is 87.5 Å². The number of hydrogen-bond acceptors (Lipinski definition) is 5. The SMILES string of the molecule is Cn1cc(-c2cc(C(C)(C)O)ccc2OC2CC(CN3CC(CC4CCN(C(=O)O)CC4)C3)C2)c2cc[nH]c2c1=O. The van der Waals surface area contributed by atoms with E-state index < -0.39 is 11.7 Å². The normalized spacial score (nSPS) is 22.5. The number of benzene rings is 1. The van der Waals surface area contributed by atoms with Crippen molar-refractivity contribution in [1.29, 1.82) is 0 Å². The molecule has 0 bridgehead atoms. The van der Waals surface area contributed by atoms with Crippen LogP contribution in [0.4, 0.5) is 4.79 Å². The molecule has 6 rings (SSSR count). The van der Waals surface area contributed by atoms with Gasteiger partial charge in [0.15, 0.2) is 0 Å². The van der Waals surface area contributed by atoms with Gasteiger partial charge in [0.1, 0.15) is 11.3 Å². The molecule has 9 heteroatoms. The van der Waals surface area contributed by atoms with E-state index in [0.29, 0.717) is 30.4 Å². The number of carbonyl (C=O) groups is 1. The Kier molecular flexibility index (Phi) is 7.36. The summed E-state index contributed by atoms with van der Waals surface area (Å²) in [7, 11) is 1.76. The number of hydrogen-bond donors (Lipinski definition) is 3. The minimum absolute atomic E-state index is 0.0755. The van der Waals surface area contributed by atoms with Crippen LogP contribution in [0.25, 0.3) is 22.0 Å². The van der Waals surface area contributed by atoms with Crippen molar-refractivity contribution in [2.75, 3.05) is 32.7 Å². The number of aryl methyl sites for hydroxylation is 1. The average molecular weight is 563 g/mol. The number of fused-ring (bicyclic) bond motifs is 1. The summed E-state index contributed by atoms with van der Waals surface area (Å²) in [5, 5.41) is 20.7. The van der Waals surface area contributed by atoms with Gasteiger partial charge in [-0.25, -0.2) is 4.79 Å². The number of likely N-dealkylation sites (tertiary alicyclic amines) is 2. The number of carboxylic acid groups (broad SMARTS) is 1. The molecule has 0 unspecified atom stereocenters. The van der Waals surface area contributed by atoms with Gasteiger partial charge in [0, 0.05) is 68.7 Å². The molecule has 1 saturated carbocycles. The van der Waals surface area contributed by atoms with Crippen molar-refractivity contribution < 1.29 is 19.7 Å². The van der Waals surface area contributed by atoms with E-state index in [4.69, 9.17) is 9.84 Å². The second-order valence-corrected chi connectivity index (χ2v) is 13.1. The third-order valence-corrected chi connectivity index (χ3v) is 9.46. The number of ether oxygens (including phenoxy) is 1. The number of nitrogens with one attached hydrogen (secondary N) is 1. The molecule has 1 aliphatic carbocycles. The fourth-order valence-corrected chi connectivity index (χ4v) is 6.98. The largest absolute Gasteiger partial charge is 0.490 e. The first-order valence-corrected chi connectivity index (χ1v) is 15.0. The fourth-order valence-electron chi connectivity index (χ4n) is 6.98. The minimum Gasteiger partial charge on any atom is -0.490 e. The Hall–Kier alpha value is -3.30. The first kappa shape index (κ1) is 27.8. The Labute approximate surface area is 240 Å². The second kappa shape index (κ2) is 10.8. The van der Waals surface area contributed by atoms with Crippen LogP contribution >= 0.6 is 0 Å². The van der Waals surface area contributed by atoms with Crippen LogP contribution in [-0.4, -0.2) is 74.5 Å². The summed E-state index contributed by atoms with van der Waals surface area (Å²) in [6.07, 6.45) is 8.27. The van der Waals surface area contributed by atoms with E-state index in [1.807, 2.05) is 30.5 Å². The number of aromatic amines is 1. The molecule has 3 fully saturated rings. The average Bonchev–Trinajstić information content (AvgIpc) is 3.38. The van der Waals surface area contributed by atoms with Gasteiger partial charge in [-0.3, -0.25) is 4.79 Å². The lowest BCUT2D eigenvalue weighted by atomic mass is 9.79. The van der Waals surface area contributed by atoms with Crippen molar-refractivity contribution in [3.8, 4) is 16.9 Å². The zero-order valence-electron chi connectivity index (χ0n) is 24.3. The summed E-state index contributed by atoms with van der Waals surface area (Å²) in [5.74, 6) is 2.82. The van der Waals surface area contributed by atoms with Crippen LogP contribution in [0.1, 0.15) is 51.5 Å². The van der Waals surface area contributed by atoms with E-state index in [-0.39, 0.29) is 11.7 Å². The molecule has 9 nitrogen and oxygen atoms in total. The zero-order chi connectivity index (χ0) is 28.9. The van der Waals surface area contributed by atoms with Gasteiger partial charge < -0.3 is 34.3 Å². The van der Waals surface area contributed by atoms with Crippen LogP contribution in [0.5, 0.6) is 5.75 Å². The van der Waals surface area contributed by atoms with Crippen LogP contribution in [0.2, 0.25) is 0 Å². The molecule has 3 aromatic rings. The summed E-state index contributed by atoms with van der Waals surface area (Å²) >= 11 is 0. The maximum absolute atomic E-state index is 12.7. The number of pyridine rings is 1. The van der Waals surface area contributed by atoms with Crippen molar-refractivity contribution in [1.82, 2.24) is 19.4 Å². The van der Waals surface area contributed by atoms with Crippen molar-refractivity contribution in [3.63, 3.8) is 0 Å². The zero-order valence-corrected chi connectivity index (χ0v) is 24.3. The molecule has 2 aliphatic heterocycles. The Bertz CT molecular complexity index is 1470. The predicted octanol–water partition coefficient (Wildman–Crippen LogP) is 4.63. The highest BCUT2D eigenvalue weighted by Gasteiger charge is 2.37. The van der Waals surface area contributed by atoms with E-state index in [9.17, 15) is 14.7 Å². The Morgan fingerprint density at radius 2 is 1.80 bits per heavy atom. The number of amides is 1. The predicted molar refractivity (Wildman–Crippen MR) is 158 cm³/mol. The number of aromatic nitrogens is 2. The molecule has 0 atom stereocenters. The van der Waals surface area contributed by atoms with Crippen LogP contribution in [0.3, 0.4) is 0 Å². The van der Waals surface area contributed by atoms with Crippen LogP contribution in [0, 0.1) is 17.8 Å². The van der Waals surface area contributed by atoms with Crippen LogP contribution in [0.15, 0.2) is 41.5 Å². The second-order valence-electron chi connectivity index (χ2n) is 13.1. The van der Waals surface area contributed by atoms with E-state index in [1.165, 1.54) is 6.42 Å². The molecular formula is C32H42N4O5. The molecular weight excluding hydrogens is 520 g/mol. The highest BCUT2D eigenvalue weighted by atomic mass is 16.5. The van der Waals surface area contributed by atoms with Gasteiger partial charge in [0.2, 0.25) is 0 Å². The maximum atomic E-state index is 12.7. The molecule has 2 aromatic heterocycles. The summed E-state index contributed by atoms with van der Waals surface area (Å²) < 4.78 is 8.16. The van der Waals surface area contributed by atoms with Crippen molar-refractivity contribution >= 4 is 17.0 Å². The highest BCUT2D eigenvalue weighted by Crippen LogP contribution is 2.41. The first-order chi connectivity index (χ1) is 19.5. The van der Waals surface area contributed by atoms with Crippen LogP contribution < -0.4 is 10.3 Å². The van der Waals surface area contributed by atoms with E-state index in [1.54, 1.807) is 36.6 Å². The molecule has 0 spiro atoms. The Balaban J connectivity index is 1.06. The number of piperidine rings is 1. The minimum atomic E-state index is -1.00. The van der Waals surface area contributed by atoms with Gasteiger partial charge in [0.05, 0.1) is 11.7 Å². The Morgan fingerprint density at radius 1 is 1.07 bits per heavy atom. The number of nitrogens with zero attached hydrogens (tertiary/aromatic N) is 3. The maximum Gasteiger partial charge on any atom is 0.407 e. The molecule has 41 heavy (non-hydrogen) atoms. The third kappa shape index (κ3) is 5.75. The first-order valence-electron chi connectivity index (χ1n) is 15.0.